The maximum absolute atomic E-state index is 10.2. The van der Waals surface area contributed by atoms with Gasteiger partial charge in [-0.25, -0.2) is 4.79 Å². The Bertz CT molecular complexity index is 136. The van der Waals surface area contributed by atoms with Crippen molar-refractivity contribution < 1.29 is 15.0 Å². The Morgan fingerprint density at radius 1 is 1.45 bits per heavy atom. The topological polar surface area (TPSA) is 110 Å². The second kappa shape index (κ2) is 4.27. The number of aliphatic hydroxyl groups is 1. The molecule has 0 unspecified atom stereocenters. The zero-order valence-corrected chi connectivity index (χ0v) is 6.29. The molecule has 0 aromatic heterocycles. The smallest absolute Gasteiger partial charge is 0.350 e. The molecule has 5 heteroatoms. The van der Waals surface area contributed by atoms with E-state index in [1.165, 1.54) is 0 Å². The highest BCUT2D eigenvalue weighted by Gasteiger charge is 2.29. The number of hydrogen-bond donors (Lipinski definition) is 4. The van der Waals surface area contributed by atoms with E-state index in [2.05, 4.69) is 0 Å². The fourth-order valence-corrected chi connectivity index (χ4v) is 0.646. The molecule has 0 fully saturated rings. The molecule has 0 aromatic carbocycles. The predicted molar refractivity (Wildman–Crippen MR) is 39.7 cm³/mol. The van der Waals surface area contributed by atoms with Gasteiger partial charge in [0.2, 0.25) is 5.72 Å². The van der Waals surface area contributed by atoms with Crippen molar-refractivity contribution >= 4 is 5.97 Å². The third-order valence-corrected chi connectivity index (χ3v) is 1.38. The molecule has 1 atom stereocenters. The van der Waals surface area contributed by atoms with Gasteiger partial charge in [-0.3, -0.25) is 5.73 Å². The maximum Gasteiger partial charge on any atom is 0.350 e. The minimum Gasteiger partial charge on any atom is -0.478 e. The van der Waals surface area contributed by atoms with Crippen molar-refractivity contribution in [3.63, 3.8) is 0 Å². The van der Waals surface area contributed by atoms with Crippen molar-refractivity contribution in [2.75, 3.05) is 6.54 Å². The minimum absolute atomic E-state index is 0.0412. The minimum atomic E-state index is -2.09. The summed E-state index contributed by atoms with van der Waals surface area (Å²) in [7, 11) is 0. The molecule has 0 saturated heterocycles. The zero-order chi connectivity index (χ0) is 8.91. The van der Waals surface area contributed by atoms with Crippen LogP contribution < -0.4 is 11.5 Å². The Balaban J connectivity index is 3.64. The largest absolute Gasteiger partial charge is 0.478 e. The van der Waals surface area contributed by atoms with E-state index in [0.717, 1.165) is 0 Å². The molecule has 66 valence electrons. The number of carboxylic acid groups (broad SMARTS) is 1. The van der Waals surface area contributed by atoms with Gasteiger partial charge in [0.1, 0.15) is 0 Å². The van der Waals surface area contributed by atoms with Gasteiger partial charge in [0, 0.05) is 6.42 Å². The summed E-state index contributed by atoms with van der Waals surface area (Å²) in [5, 5.41) is 17.3. The highest BCUT2D eigenvalue weighted by molar-refractivity contribution is 5.75. The van der Waals surface area contributed by atoms with Crippen molar-refractivity contribution in [2.45, 2.75) is 25.0 Å². The highest BCUT2D eigenvalue weighted by Crippen LogP contribution is 2.07. The number of unbranched alkanes of at least 4 members (excludes halogenated alkanes) is 1. The fourth-order valence-electron chi connectivity index (χ4n) is 0.646. The Kier molecular flexibility index (Phi) is 4.02. The molecule has 0 amide bonds. The molecule has 0 rings (SSSR count). The Hall–Kier alpha value is -0.650. The monoisotopic (exact) mass is 162 g/mol. The van der Waals surface area contributed by atoms with Crippen LogP contribution in [0.25, 0.3) is 0 Å². The molecule has 0 spiro atoms. The average Bonchev–Trinajstić information content (AvgIpc) is 1.88. The summed E-state index contributed by atoms with van der Waals surface area (Å²) in [5.74, 6) is -1.39. The summed E-state index contributed by atoms with van der Waals surface area (Å²) in [4.78, 5) is 10.2. The molecule has 0 heterocycles. The SMILES string of the molecule is NCCCC[C@](N)(O)C(=O)O. The molecular formula is C6H14N2O3. The van der Waals surface area contributed by atoms with Gasteiger partial charge in [-0.15, -0.1) is 0 Å². The van der Waals surface area contributed by atoms with E-state index in [1.807, 2.05) is 0 Å². The number of rotatable bonds is 5. The van der Waals surface area contributed by atoms with Gasteiger partial charge in [-0.05, 0) is 19.4 Å². The number of aliphatic carboxylic acids is 1. The van der Waals surface area contributed by atoms with E-state index in [-0.39, 0.29) is 6.42 Å². The van der Waals surface area contributed by atoms with Crippen LogP contribution in [0, 0.1) is 0 Å². The van der Waals surface area contributed by atoms with E-state index in [1.54, 1.807) is 0 Å². The van der Waals surface area contributed by atoms with Crippen molar-refractivity contribution in [3.8, 4) is 0 Å². The lowest BCUT2D eigenvalue weighted by Gasteiger charge is -2.16. The molecule has 0 aliphatic carbocycles. The molecular weight excluding hydrogens is 148 g/mol. The molecule has 0 aliphatic heterocycles. The lowest BCUT2D eigenvalue weighted by Crippen LogP contribution is -2.47. The van der Waals surface area contributed by atoms with Crippen LogP contribution in [0.4, 0.5) is 0 Å². The first kappa shape index (κ1) is 10.3. The molecule has 11 heavy (non-hydrogen) atoms. The summed E-state index contributed by atoms with van der Waals surface area (Å²) in [6, 6.07) is 0. The number of carboxylic acids is 1. The van der Waals surface area contributed by atoms with Crippen molar-refractivity contribution in [1.29, 1.82) is 0 Å². The molecule has 6 N–H and O–H groups in total. The zero-order valence-electron chi connectivity index (χ0n) is 6.29. The first-order valence-electron chi connectivity index (χ1n) is 3.45. The Labute approximate surface area is 65.0 Å². The van der Waals surface area contributed by atoms with E-state index in [9.17, 15) is 4.79 Å². The fraction of sp³-hybridized carbons (Fsp3) is 0.833. The van der Waals surface area contributed by atoms with Crippen LogP contribution >= 0.6 is 0 Å². The molecule has 5 nitrogen and oxygen atoms in total. The summed E-state index contributed by atoms with van der Waals surface area (Å²) in [6.07, 6.45) is 1.24. The van der Waals surface area contributed by atoms with Gasteiger partial charge >= 0.3 is 5.97 Å². The van der Waals surface area contributed by atoms with Gasteiger partial charge in [-0.1, -0.05) is 0 Å². The quantitative estimate of drug-likeness (QED) is 0.301. The number of carbonyl (C=O) groups is 1. The summed E-state index contributed by atoms with van der Waals surface area (Å²) in [5.41, 5.74) is 8.09. The van der Waals surface area contributed by atoms with Crippen LogP contribution in [-0.2, 0) is 4.79 Å². The highest BCUT2D eigenvalue weighted by atomic mass is 16.4. The molecule has 0 bridgehead atoms. The summed E-state index contributed by atoms with van der Waals surface area (Å²) < 4.78 is 0. The van der Waals surface area contributed by atoms with Crippen LogP contribution in [0.2, 0.25) is 0 Å². The van der Waals surface area contributed by atoms with Gasteiger partial charge in [0.15, 0.2) is 0 Å². The molecule has 0 radical (unpaired) electrons. The average molecular weight is 162 g/mol. The van der Waals surface area contributed by atoms with Crippen LogP contribution in [0.3, 0.4) is 0 Å². The standard InChI is InChI=1S/C6H14N2O3/c7-4-2-1-3-6(8,11)5(9)10/h11H,1-4,7-8H2,(H,9,10)/t6-/m0/s1. The van der Waals surface area contributed by atoms with E-state index >= 15 is 0 Å². The van der Waals surface area contributed by atoms with Crippen molar-refractivity contribution in [2.24, 2.45) is 11.5 Å². The number of nitrogens with two attached hydrogens (primary N) is 2. The van der Waals surface area contributed by atoms with Crippen LogP contribution in [0.5, 0.6) is 0 Å². The first-order chi connectivity index (χ1) is 5.00. The lowest BCUT2D eigenvalue weighted by molar-refractivity contribution is -0.158. The van der Waals surface area contributed by atoms with Crippen molar-refractivity contribution in [3.05, 3.63) is 0 Å². The Morgan fingerprint density at radius 2 is 2.00 bits per heavy atom. The van der Waals surface area contributed by atoms with Gasteiger partial charge < -0.3 is 15.9 Å². The summed E-state index contributed by atoms with van der Waals surface area (Å²) in [6.45, 7) is 0.482. The maximum atomic E-state index is 10.2. The third kappa shape index (κ3) is 3.92. The van der Waals surface area contributed by atoms with Crippen LogP contribution in [0.15, 0.2) is 0 Å². The predicted octanol–water partition coefficient (Wildman–Crippen LogP) is -1.15. The number of hydrogen-bond acceptors (Lipinski definition) is 4. The lowest BCUT2D eigenvalue weighted by atomic mass is 10.1. The second-order valence-corrected chi connectivity index (χ2v) is 2.48. The third-order valence-electron chi connectivity index (χ3n) is 1.38. The second-order valence-electron chi connectivity index (χ2n) is 2.48. The van der Waals surface area contributed by atoms with E-state index < -0.39 is 11.7 Å². The Morgan fingerprint density at radius 3 is 2.36 bits per heavy atom. The van der Waals surface area contributed by atoms with Crippen LogP contribution in [-0.4, -0.2) is 28.5 Å². The normalized spacial score (nSPS) is 15.9. The van der Waals surface area contributed by atoms with Crippen molar-refractivity contribution in [1.82, 2.24) is 0 Å². The molecule has 0 aliphatic rings. The van der Waals surface area contributed by atoms with Gasteiger partial charge in [0.05, 0.1) is 0 Å². The molecule has 0 aromatic rings. The molecule has 0 saturated carbocycles. The van der Waals surface area contributed by atoms with E-state index in [4.69, 9.17) is 21.7 Å². The van der Waals surface area contributed by atoms with Crippen LogP contribution in [0.1, 0.15) is 19.3 Å². The van der Waals surface area contributed by atoms with E-state index in [0.29, 0.717) is 19.4 Å². The van der Waals surface area contributed by atoms with Gasteiger partial charge in [-0.2, -0.15) is 0 Å². The summed E-state index contributed by atoms with van der Waals surface area (Å²) >= 11 is 0. The van der Waals surface area contributed by atoms with Gasteiger partial charge in [0.25, 0.3) is 0 Å². The first-order valence-corrected chi connectivity index (χ1v) is 3.45.